The van der Waals surface area contributed by atoms with E-state index in [-0.39, 0.29) is 0 Å². The lowest BCUT2D eigenvalue weighted by Crippen LogP contribution is -2.09. The maximum absolute atomic E-state index is 6.37. The van der Waals surface area contributed by atoms with Gasteiger partial charge in [0.2, 0.25) is 0 Å². The molecule has 0 saturated heterocycles. The summed E-state index contributed by atoms with van der Waals surface area (Å²) in [6.07, 6.45) is 0. The van der Waals surface area contributed by atoms with Crippen LogP contribution in [0.1, 0.15) is 5.56 Å². The Bertz CT molecular complexity index is 3290. The van der Waals surface area contributed by atoms with E-state index in [4.69, 9.17) is 4.42 Å². The lowest BCUT2D eigenvalue weighted by Gasteiger charge is -2.26. The van der Waals surface area contributed by atoms with Gasteiger partial charge in [0.25, 0.3) is 0 Å². The van der Waals surface area contributed by atoms with E-state index in [0.29, 0.717) is 0 Å². The summed E-state index contributed by atoms with van der Waals surface area (Å²) in [7, 11) is 0. The van der Waals surface area contributed by atoms with Gasteiger partial charge in [-0.15, -0.1) is 0 Å². The van der Waals surface area contributed by atoms with E-state index in [0.717, 1.165) is 50.1 Å². The van der Waals surface area contributed by atoms with Gasteiger partial charge in [-0.05, 0) is 127 Å². The fraction of sp³-hybridized carbons (Fsp3) is 0.0175. The van der Waals surface area contributed by atoms with Crippen molar-refractivity contribution in [2.24, 2.45) is 0 Å². The van der Waals surface area contributed by atoms with Crippen molar-refractivity contribution in [2.45, 2.75) is 6.92 Å². The molecule has 0 N–H and O–H groups in total. The zero-order valence-electron chi connectivity index (χ0n) is 32.6. The highest BCUT2D eigenvalue weighted by Gasteiger charge is 2.17. The van der Waals surface area contributed by atoms with Crippen LogP contribution in [0.3, 0.4) is 0 Å². The van der Waals surface area contributed by atoms with Crippen molar-refractivity contribution in [3.05, 3.63) is 224 Å². The summed E-state index contributed by atoms with van der Waals surface area (Å²) in [5.41, 5.74) is 15.8. The normalized spacial score (nSPS) is 11.5. The Hall–Kier alpha value is -7.68. The summed E-state index contributed by atoms with van der Waals surface area (Å²) in [5.74, 6) is 0. The minimum atomic E-state index is 0.909. The van der Waals surface area contributed by atoms with Gasteiger partial charge in [0.15, 0.2) is 0 Å². The van der Waals surface area contributed by atoms with Crippen molar-refractivity contribution in [1.82, 2.24) is 0 Å². The van der Waals surface area contributed by atoms with E-state index in [1.165, 1.54) is 60.5 Å². The SMILES string of the molecule is Cc1cccc2c1oc1cccc(-c3ccc(N(c4ccc(-c5ccc(-c6ccccc6)cc5)cc4)c4ccc(-c5cc6ccccc6c6ccccc56)cc4)cc3)c12. The second-order valence-electron chi connectivity index (χ2n) is 15.3. The number of fused-ring (bicyclic) bond motifs is 6. The van der Waals surface area contributed by atoms with E-state index < -0.39 is 0 Å². The third-order valence-corrected chi connectivity index (χ3v) is 11.8. The van der Waals surface area contributed by atoms with Crippen LogP contribution in [0.5, 0.6) is 0 Å². The van der Waals surface area contributed by atoms with Gasteiger partial charge in [0, 0.05) is 27.8 Å². The molecule has 10 aromatic carbocycles. The van der Waals surface area contributed by atoms with Gasteiger partial charge in [-0.25, -0.2) is 0 Å². The monoisotopic (exact) mass is 753 g/mol. The number of nitrogens with zero attached hydrogens (tertiary/aromatic N) is 1. The van der Waals surface area contributed by atoms with Crippen molar-refractivity contribution in [1.29, 1.82) is 0 Å². The zero-order chi connectivity index (χ0) is 39.3. The Morgan fingerprint density at radius 3 is 1.46 bits per heavy atom. The van der Waals surface area contributed by atoms with E-state index >= 15 is 0 Å². The molecule has 0 atom stereocenters. The van der Waals surface area contributed by atoms with Crippen LogP contribution in [-0.4, -0.2) is 0 Å². The molecule has 278 valence electrons. The zero-order valence-corrected chi connectivity index (χ0v) is 32.6. The molecule has 0 spiro atoms. The average molecular weight is 754 g/mol. The molecule has 0 aliphatic carbocycles. The van der Waals surface area contributed by atoms with Gasteiger partial charge in [-0.1, -0.05) is 170 Å². The van der Waals surface area contributed by atoms with Gasteiger partial charge in [0.05, 0.1) is 0 Å². The second kappa shape index (κ2) is 14.4. The molecule has 59 heavy (non-hydrogen) atoms. The number of furan rings is 1. The van der Waals surface area contributed by atoms with Crippen LogP contribution in [0.15, 0.2) is 223 Å². The Balaban J connectivity index is 0.989. The Labute approximate surface area is 343 Å². The first-order valence-electron chi connectivity index (χ1n) is 20.2. The van der Waals surface area contributed by atoms with Crippen LogP contribution in [0.25, 0.3) is 88.0 Å². The van der Waals surface area contributed by atoms with Crippen molar-refractivity contribution >= 4 is 60.5 Å². The predicted molar refractivity (Wildman–Crippen MR) is 250 cm³/mol. The first-order chi connectivity index (χ1) is 29.2. The predicted octanol–water partition coefficient (Wildman–Crippen LogP) is 16.3. The Kier molecular flexibility index (Phi) is 8.41. The van der Waals surface area contributed by atoms with Crippen molar-refractivity contribution < 1.29 is 4.42 Å². The van der Waals surface area contributed by atoms with Crippen LogP contribution in [-0.2, 0) is 0 Å². The fourth-order valence-corrected chi connectivity index (χ4v) is 8.84. The number of anilines is 3. The lowest BCUT2D eigenvalue weighted by atomic mass is 9.93. The topological polar surface area (TPSA) is 16.4 Å². The minimum Gasteiger partial charge on any atom is -0.456 e. The van der Waals surface area contributed by atoms with Gasteiger partial charge in [0.1, 0.15) is 11.2 Å². The van der Waals surface area contributed by atoms with Gasteiger partial charge in [-0.3, -0.25) is 0 Å². The number of para-hydroxylation sites is 1. The standard InChI is InChI=1S/C57H39NO/c1-38-11-9-19-53-56-50(18-10-20-55(56)59-57(38)53)43-27-33-47(34-28-43)58(46-31-25-42(26-32-46)41-23-21-40(22-24-41)39-12-3-2-4-13-39)48-35-29-44(30-36-48)54-37-45-14-5-6-15-49(45)51-16-7-8-17-52(51)54/h2-37H,1H3. The van der Waals surface area contributed by atoms with E-state index in [2.05, 4.69) is 230 Å². The molecule has 0 bridgehead atoms. The summed E-state index contributed by atoms with van der Waals surface area (Å²) < 4.78 is 6.37. The van der Waals surface area contributed by atoms with Gasteiger partial charge in [-0.2, -0.15) is 0 Å². The van der Waals surface area contributed by atoms with Crippen LogP contribution < -0.4 is 4.90 Å². The van der Waals surface area contributed by atoms with E-state index in [9.17, 15) is 0 Å². The summed E-state index contributed by atoms with van der Waals surface area (Å²) >= 11 is 0. The van der Waals surface area contributed by atoms with Crippen LogP contribution >= 0.6 is 0 Å². The summed E-state index contributed by atoms with van der Waals surface area (Å²) in [6.45, 7) is 2.11. The van der Waals surface area contributed by atoms with E-state index in [1.54, 1.807) is 0 Å². The number of hydrogen-bond acceptors (Lipinski definition) is 2. The Morgan fingerprint density at radius 2 is 0.814 bits per heavy atom. The highest BCUT2D eigenvalue weighted by molar-refractivity contribution is 6.14. The first kappa shape index (κ1) is 34.6. The summed E-state index contributed by atoms with van der Waals surface area (Å²) in [4.78, 5) is 2.35. The molecular weight excluding hydrogens is 715 g/mol. The number of rotatable bonds is 7. The molecule has 2 heteroatoms. The summed E-state index contributed by atoms with van der Waals surface area (Å²) in [6, 6.07) is 78.8. The number of aryl methyl sites for hydroxylation is 1. The molecule has 1 aromatic heterocycles. The molecule has 11 aromatic rings. The number of hydrogen-bond donors (Lipinski definition) is 0. The fourth-order valence-electron chi connectivity index (χ4n) is 8.84. The molecular formula is C57H39NO. The summed E-state index contributed by atoms with van der Waals surface area (Å²) in [5, 5.41) is 7.36. The van der Waals surface area contributed by atoms with Gasteiger partial charge >= 0.3 is 0 Å². The molecule has 11 rings (SSSR count). The molecule has 0 unspecified atom stereocenters. The maximum atomic E-state index is 6.37. The quantitative estimate of drug-likeness (QED) is 0.151. The van der Waals surface area contributed by atoms with Crippen molar-refractivity contribution in [3.63, 3.8) is 0 Å². The maximum Gasteiger partial charge on any atom is 0.138 e. The smallest absolute Gasteiger partial charge is 0.138 e. The molecule has 1 heterocycles. The average Bonchev–Trinajstić information content (AvgIpc) is 3.70. The highest BCUT2D eigenvalue weighted by Crippen LogP contribution is 2.42. The van der Waals surface area contributed by atoms with Crippen molar-refractivity contribution in [2.75, 3.05) is 4.90 Å². The lowest BCUT2D eigenvalue weighted by molar-refractivity contribution is 0.666. The third-order valence-electron chi connectivity index (χ3n) is 11.8. The molecule has 2 nitrogen and oxygen atoms in total. The van der Waals surface area contributed by atoms with Gasteiger partial charge < -0.3 is 9.32 Å². The molecule has 0 amide bonds. The largest absolute Gasteiger partial charge is 0.456 e. The molecule has 0 fully saturated rings. The highest BCUT2D eigenvalue weighted by atomic mass is 16.3. The van der Waals surface area contributed by atoms with E-state index in [1.807, 2.05) is 0 Å². The van der Waals surface area contributed by atoms with Crippen LogP contribution in [0, 0.1) is 6.92 Å². The third kappa shape index (κ3) is 6.14. The molecule has 0 radical (unpaired) electrons. The molecule has 0 saturated carbocycles. The Morgan fingerprint density at radius 1 is 0.339 bits per heavy atom. The van der Waals surface area contributed by atoms with Crippen molar-refractivity contribution in [3.8, 4) is 44.5 Å². The van der Waals surface area contributed by atoms with Crippen LogP contribution in [0.2, 0.25) is 0 Å². The van der Waals surface area contributed by atoms with Crippen LogP contribution in [0.4, 0.5) is 17.1 Å². The molecule has 0 aliphatic heterocycles. The number of benzene rings is 10. The first-order valence-corrected chi connectivity index (χ1v) is 20.2. The second-order valence-corrected chi connectivity index (χ2v) is 15.3. The minimum absolute atomic E-state index is 0.909. The molecule has 0 aliphatic rings.